The van der Waals surface area contributed by atoms with Crippen molar-refractivity contribution < 1.29 is 4.79 Å². The van der Waals surface area contributed by atoms with Crippen LogP contribution < -0.4 is 5.73 Å². The van der Waals surface area contributed by atoms with Gasteiger partial charge < -0.3 is 5.73 Å². The van der Waals surface area contributed by atoms with Gasteiger partial charge in [-0.15, -0.1) is 0 Å². The van der Waals surface area contributed by atoms with Crippen LogP contribution in [0.2, 0.25) is 0 Å². The molecule has 56 valence electrons. The van der Waals surface area contributed by atoms with Crippen molar-refractivity contribution in [3.8, 4) is 6.07 Å². The number of carbonyl (C=O) groups excluding carboxylic acids is 1. The molecule has 10 heavy (non-hydrogen) atoms. The number of primary amides is 1. The molecular weight excluding hydrogens is 148 g/mol. The van der Waals surface area contributed by atoms with Crippen LogP contribution in [0.3, 0.4) is 0 Å². The maximum Gasteiger partial charge on any atom is 0.227 e. The van der Waals surface area contributed by atoms with E-state index in [-0.39, 0.29) is 5.91 Å². The quantitative estimate of drug-likeness (QED) is 0.593. The fourth-order valence-electron chi connectivity index (χ4n) is 0.426. The average Bonchev–Trinajstić information content (AvgIpc) is 1.87. The van der Waals surface area contributed by atoms with Gasteiger partial charge >= 0.3 is 0 Å². The van der Waals surface area contributed by atoms with Gasteiger partial charge in [-0.3, -0.25) is 4.79 Å². The SMILES string of the molecule is N#CCCCSCC(N)=O. The van der Waals surface area contributed by atoms with E-state index in [2.05, 4.69) is 0 Å². The Hall–Kier alpha value is -0.690. The summed E-state index contributed by atoms with van der Waals surface area (Å²) in [5.41, 5.74) is 4.88. The first-order chi connectivity index (χ1) is 4.77. The van der Waals surface area contributed by atoms with Crippen molar-refractivity contribution in [2.75, 3.05) is 11.5 Å². The van der Waals surface area contributed by atoms with Gasteiger partial charge in [0, 0.05) is 6.42 Å². The molecule has 0 aliphatic rings. The molecule has 0 unspecified atom stereocenters. The van der Waals surface area contributed by atoms with Gasteiger partial charge in [0.25, 0.3) is 0 Å². The molecule has 3 nitrogen and oxygen atoms in total. The molecule has 1 amide bonds. The van der Waals surface area contributed by atoms with Crippen molar-refractivity contribution in [1.29, 1.82) is 5.26 Å². The monoisotopic (exact) mass is 158 g/mol. The first-order valence-corrected chi connectivity index (χ1v) is 4.16. The smallest absolute Gasteiger partial charge is 0.227 e. The van der Waals surface area contributed by atoms with E-state index in [0.717, 1.165) is 12.2 Å². The number of thioether (sulfide) groups is 1. The number of rotatable bonds is 5. The summed E-state index contributed by atoms with van der Waals surface area (Å²) in [5, 5.41) is 8.12. The highest BCUT2D eigenvalue weighted by atomic mass is 32.2. The van der Waals surface area contributed by atoms with Crippen LogP contribution in [-0.4, -0.2) is 17.4 Å². The minimum absolute atomic E-state index is 0.290. The Balaban J connectivity index is 2.92. The van der Waals surface area contributed by atoms with Crippen LogP contribution in [0.1, 0.15) is 12.8 Å². The molecule has 0 saturated carbocycles. The Labute approximate surface area is 64.6 Å². The maximum atomic E-state index is 10.2. The lowest BCUT2D eigenvalue weighted by Crippen LogP contribution is -2.13. The zero-order valence-electron chi connectivity index (χ0n) is 5.67. The molecule has 0 atom stereocenters. The number of hydrogen-bond donors (Lipinski definition) is 1. The summed E-state index contributed by atoms with van der Waals surface area (Å²) >= 11 is 1.48. The van der Waals surface area contributed by atoms with Crippen LogP contribution in [-0.2, 0) is 4.79 Å². The Morgan fingerprint density at radius 2 is 2.40 bits per heavy atom. The second kappa shape index (κ2) is 6.43. The van der Waals surface area contributed by atoms with Gasteiger partial charge in [0.2, 0.25) is 5.91 Å². The lowest BCUT2D eigenvalue weighted by atomic mass is 10.4. The van der Waals surface area contributed by atoms with Gasteiger partial charge in [-0.2, -0.15) is 17.0 Å². The molecular formula is C6H10N2OS. The fraction of sp³-hybridized carbons (Fsp3) is 0.667. The first kappa shape index (κ1) is 9.31. The highest BCUT2D eigenvalue weighted by Gasteiger charge is 1.92. The van der Waals surface area contributed by atoms with Crippen LogP contribution in [0, 0.1) is 11.3 Å². The number of nitriles is 1. The zero-order valence-corrected chi connectivity index (χ0v) is 6.49. The van der Waals surface area contributed by atoms with Crippen molar-refractivity contribution in [2.24, 2.45) is 5.73 Å². The van der Waals surface area contributed by atoms with Gasteiger partial charge in [0.05, 0.1) is 11.8 Å². The van der Waals surface area contributed by atoms with Crippen molar-refractivity contribution in [3.63, 3.8) is 0 Å². The summed E-state index contributed by atoms with van der Waals surface area (Å²) in [4.78, 5) is 10.2. The van der Waals surface area contributed by atoms with E-state index in [1.165, 1.54) is 11.8 Å². The van der Waals surface area contributed by atoms with E-state index in [0.29, 0.717) is 12.2 Å². The summed E-state index contributed by atoms with van der Waals surface area (Å²) in [7, 11) is 0. The largest absolute Gasteiger partial charge is 0.369 e. The van der Waals surface area contributed by atoms with Gasteiger partial charge in [-0.1, -0.05) is 0 Å². The van der Waals surface area contributed by atoms with E-state index >= 15 is 0 Å². The molecule has 0 spiro atoms. The number of nitrogens with two attached hydrogens (primary N) is 1. The first-order valence-electron chi connectivity index (χ1n) is 3.00. The normalized spacial score (nSPS) is 8.70. The number of nitrogens with zero attached hydrogens (tertiary/aromatic N) is 1. The Bertz CT molecular complexity index is 141. The molecule has 0 bridgehead atoms. The van der Waals surface area contributed by atoms with Crippen LogP contribution in [0.15, 0.2) is 0 Å². The lowest BCUT2D eigenvalue weighted by Gasteiger charge is -1.93. The van der Waals surface area contributed by atoms with E-state index in [4.69, 9.17) is 11.0 Å². The van der Waals surface area contributed by atoms with Crippen molar-refractivity contribution in [3.05, 3.63) is 0 Å². The number of hydrogen-bond acceptors (Lipinski definition) is 3. The molecule has 0 aromatic rings. The van der Waals surface area contributed by atoms with Gasteiger partial charge in [-0.25, -0.2) is 0 Å². The lowest BCUT2D eigenvalue weighted by molar-refractivity contribution is -0.115. The molecule has 0 fully saturated rings. The highest BCUT2D eigenvalue weighted by Crippen LogP contribution is 2.02. The van der Waals surface area contributed by atoms with E-state index in [9.17, 15) is 4.79 Å². The molecule has 0 aliphatic heterocycles. The van der Waals surface area contributed by atoms with Crippen molar-refractivity contribution >= 4 is 17.7 Å². The third kappa shape index (κ3) is 7.31. The Morgan fingerprint density at radius 1 is 1.70 bits per heavy atom. The summed E-state index contributed by atoms with van der Waals surface area (Å²) in [6, 6.07) is 2.03. The number of amides is 1. The molecule has 0 saturated heterocycles. The number of carbonyl (C=O) groups is 1. The number of unbranched alkanes of at least 4 members (excludes halogenated alkanes) is 1. The summed E-state index contributed by atoms with van der Waals surface area (Å²) in [6.45, 7) is 0. The zero-order chi connectivity index (χ0) is 7.82. The topological polar surface area (TPSA) is 66.9 Å². The maximum absolute atomic E-state index is 10.2. The van der Waals surface area contributed by atoms with Gasteiger partial charge in [0.15, 0.2) is 0 Å². The van der Waals surface area contributed by atoms with Crippen LogP contribution in [0.5, 0.6) is 0 Å². The molecule has 0 rings (SSSR count). The summed E-state index contributed by atoms with van der Waals surface area (Å²) in [6.07, 6.45) is 1.40. The third-order valence-corrected chi connectivity index (χ3v) is 1.89. The van der Waals surface area contributed by atoms with Crippen LogP contribution in [0.25, 0.3) is 0 Å². The molecule has 0 heterocycles. The second-order valence-corrected chi connectivity index (χ2v) is 2.89. The van der Waals surface area contributed by atoms with Crippen LogP contribution >= 0.6 is 11.8 Å². The molecule has 0 aromatic carbocycles. The summed E-state index contributed by atoms with van der Waals surface area (Å²) in [5.74, 6) is 0.920. The van der Waals surface area contributed by atoms with E-state index in [1.54, 1.807) is 0 Å². The molecule has 0 radical (unpaired) electrons. The van der Waals surface area contributed by atoms with Gasteiger partial charge in [-0.05, 0) is 12.2 Å². The second-order valence-electron chi connectivity index (χ2n) is 1.78. The highest BCUT2D eigenvalue weighted by molar-refractivity contribution is 7.99. The van der Waals surface area contributed by atoms with Crippen molar-refractivity contribution in [2.45, 2.75) is 12.8 Å². The minimum Gasteiger partial charge on any atom is -0.369 e. The van der Waals surface area contributed by atoms with Crippen molar-refractivity contribution in [1.82, 2.24) is 0 Å². The molecule has 2 N–H and O–H groups in total. The average molecular weight is 158 g/mol. The van der Waals surface area contributed by atoms with Crippen LogP contribution in [0.4, 0.5) is 0 Å². The predicted molar refractivity (Wildman–Crippen MR) is 41.4 cm³/mol. The fourth-order valence-corrected chi connectivity index (χ4v) is 1.12. The Morgan fingerprint density at radius 3 is 2.90 bits per heavy atom. The van der Waals surface area contributed by atoms with Gasteiger partial charge in [0.1, 0.15) is 0 Å². The van der Waals surface area contributed by atoms with E-state index < -0.39 is 0 Å². The molecule has 0 aromatic heterocycles. The third-order valence-electron chi connectivity index (χ3n) is 0.822. The minimum atomic E-state index is -0.290. The predicted octanol–water partition coefficient (Wildman–Crippen LogP) is 0.509. The van der Waals surface area contributed by atoms with E-state index in [1.807, 2.05) is 6.07 Å². The Kier molecular flexibility index (Phi) is 5.99. The molecule has 0 aliphatic carbocycles. The standard InChI is InChI=1S/C6H10N2OS/c7-3-1-2-4-10-5-6(8)9/h1-2,4-5H2,(H2,8,9). The summed E-state index contributed by atoms with van der Waals surface area (Å²) < 4.78 is 0. The molecule has 4 heteroatoms.